The van der Waals surface area contributed by atoms with Gasteiger partial charge in [0.2, 0.25) is 0 Å². The van der Waals surface area contributed by atoms with Crippen LogP contribution in [0.25, 0.3) is 0 Å². The fraction of sp³-hybridized carbons (Fsp3) is 0.407. The molecular formula is C27H35N3OS. The number of para-hydroxylation sites is 2. The van der Waals surface area contributed by atoms with Crippen molar-refractivity contribution in [1.29, 1.82) is 0 Å². The lowest BCUT2D eigenvalue weighted by Gasteiger charge is -2.47. The van der Waals surface area contributed by atoms with E-state index in [4.69, 9.17) is 4.74 Å². The first-order valence-electron chi connectivity index (χ1n) is 11.6. The molecule has 4 rings (SSSR count). The second-order valence-corrected chi connectivity index (χ2v) is 9.74. The van der Waals surface area contributed by atoms with Crippen LogP contribution in [-0.2, 0) is 5.54 Å². The van der Waals surface area contributed by atoms with E-state index in [-0.39, 0.29) is 11.6 Å². The molecule has 1 fully saturated rings. The molecule has 1 aliphatic heterocycles. The van der Waals surface area contributed by atoms with Crippen LogP contribution in [0.2, 0.25) is 0 Å². The number of piperidine rings is 1. The molecule has 1 saturated heterocycles. The van der Waals surface area contributed by atoms with Crippen LogP contribution in [0.4, 0.5) is 5.69 Å². The smallest absolute Gasteiger partial charge is 0.143 e. The number of benzene rings is 2. The minimum Gasteiger partial charge on any atom is -0.483 e. The number of ether oxygens (including phenoxy) is 1. The number of anilines is 1. The van der Waals surface area contributed by atoms with Gasteiger partial charge >= 0.3 is 0 Å². The van der Waals surface area contributed by atoms with Crippen molar-refractivity contribution < 1.29 is 4.74 Å². The minimum absolute atomic E-state index is 0.0681. The maximum atomic E-state index is 6.65. The lowest BCUT2D eigenvalue weighted by molar-refractivity contribution is 0.115. The Morgan fingerprint density at radius 2 is 1.72 bits per heavy atom. The Labute approximate surface area is 196 Å². The molecule has 3 aromatic rings. The monoisotopic (exact) mass is 449 g/mol. The molecule has 2 heterocycles. The van der Waals surface area contributed by atoms with Gasteiger partial charge in [-0.2, -0.15) is 0 Å². The molecule has 1 aliphatic rings. The highest BCUT2D eigenvalue weighted by atomic mass is 32.1. The van der Waals surface area contributed by atoms with Crippen molar-refractivity contribution >= 4 is 17.0 Å². The second kappa shape index (κ2) is 10.5. The standard InChI is InChI=1S/C27H35N3OS/c1-28-18-15-25(26-14-9-21-32-26)31-24-13-8-7-12-23(24)30-19-16-27(17-20-30,29(2)3)22-10-5-4-6-11-22/h4-14,21,25,28H,15-20H2,1-3H3/t25-/m0/s1. The Kier molecular flexibility index (Phi) is 7.51. The quantitative estimate of drug-likeness (QED) is 0.464. The molecule has 0 bridgehead atoms. The van der Waals surface area contributed by atoms with Crippen LogP contribution < -0.4 is 15.0 Å². The molecule has 1 aromatic heterocycles. The molecule has 1 N–H and O–H groups in total. The van der Waals surface area contributed by atoms with E-state index in [9.17, 15) is 0 Å². The molecule has 2 aromatic carbocycles. The SMILES string of the molecule is CNCC[C@H](Oc1ccccc1N1CCC(c2ccccc2)(N(C)C)CC1)c1cccs1. The summed E-state index contributed by atoms with van der Waals surface area (Å²) in [4.78, 5) is 6.19. The highest BCUT2D eigenvalue weighted by Gasteiger charge is 2.38. The molecule has 0 saturated carbocycles. The van der Waals surface area contributed by atoms with Gasteiger partial charge in [0, 0.05) is 29.9 Å². The van der Waals surface area contributed by atoms with E-state index in [0.29, 0.717) is 0 Å². The molecular weight excluding hydrogens is 414 g/mol. The Bertz CT molecular complexity index is 950. The van der Waals surface area contributed by atoms with Crippen molar-refractivity contribution in [1.82, 2.24) is 10.2 Å². The van der Waals surface area contributed by atoms with Crippen LogP contribution >= 0.6 is 11.3 Å². The van der Waals surface area contributed by atoms with Crippen LogP contribution in [0.5, 0.6) is 5.75 Å². The second-order valence-electron chi connectivity index (χ2n) is 8.76. The summed E-state index contributed by atoms with van der Waals surface area (Å²) in [7, 11) is 6.43. The van der Waals surface area contributed by atoms with Crippen LogP contribution in [0.3, 0.4) is 0 Å². The van der Waals surface area contributed by atoms with Crippen molar-refractivity contribution in [3.63, 3.8) is 0 Å². The molecule has 0 spiro atoms. The first-order valence-corrected chi connectivity index (χ1v) is 12.4. The minimum atomic E-state index is 0.0681. The van der Waals surface area contributed by atoms with Crippen molar-refractivity contribution in [3.8, 4) is 5.75 Å². The van der Waals surface area contributed by atoms with Crippen LogP contribution in [0, 0.1) is 0 Å². The summed E-state index contributed by atoms with van der Waals surface area (Å²) in [6.07, 6.45) is 3.20. The molecule has 1 atom stereocenters. The predicted octanol–water partition coefficient (Wildman–Crippen LogP) is 5.54. The molecule has 4 nitrogen and oxygen atoms in total. The summed E-state index contributed by atoms with van der Waals surface area (Å²) in [6, 6.07) is 23.8. The Morgan fingerprint density at radius 1 is 1.00 bits per heavy atom. The topological polar surface area (TPSA) is 27.7 Å². The highest BCUT2D eigenvalue weighted by Crippen LogP contribution is 2.41. The van der Waals surface area contributed by atoms with E-state index in [1.165, 1.54) is 16.1 Å². The third kappa shape index (κ3) is 4.85. The number of thiophene rings is 1. The molecule has 0 amide bonds. The van der Waals surface area contributed by atoms with Gasteiger partial charge in [-0.25, -0.2) is 0 Å². The first-order chi connectivity index (χ1) is 15.6. The molecule has 0 unspecified atom stereocenters. The summed E-state index contributed by atoms with van der Waals surface area (Å²) in [5, 5.41) is 5.40. The lowest BCUT2D eigenvalue weighted by atomic mass is 9.79. The number of hydrogen-bond donors (Lipinski definition) is 1. The first kappa shape index (κ1) is 22.8. The summed E-state index contributed by atoms with van der Waals surface area (Å²) >= 11 is 1.77. The Balaban J connectivity index is 1.53. The Morgan fingerprint density at radius 3 is 2.38 bits per heavy atom. The van der Waals surface area contributed by atoms with Crippen molar-refractivity contribution in [2.75, 3.05) is 45.7 Å². The van der Waals surface area contributed by atoms with Gasteiger partial charge in [-0.3, -0.25) is 4.90 Å². The maximum Gasteiger partial charge on any atom is 0.143 e. The van der Waals surface area contributed by atoms with Gasteiger partial charge in [-0.05, 0) is 69.7 Å². The maximum absolute atomic E-state index is 6.65. The third-order valence-corrected chi connectivity index (χ3v) is 7.71. The zero-order valence-electron chi connectivity index (χ0n) is 19.5. The fourth-order valence-corrected chi connectivity index (χ4v) is 5.63. The summed E-state index contributed by atoms with van der Waals surface area (Å²) in [5.74, 6) is 0.985. The normalized spacial score (nSPS) is 16.8. The van der Waals surface area contributed by atoms with Crippen LogP contribution in [0.1, 0.15) is 35.8 Å². The van der Waals surface area contributed by atoms with Crippen molar-refractivity contribution in [3.05, 3.63) is 82.6 Å². The van der Waals surface area contributed by atoms with E-state index in [1.807, 2.05) is 7.05 Å². The molecule has 0 aliphatic carbocycles. The van der Waals surface area contributed by atoms with Gasteiger partial charge in [0.25, 0.3) is 0 Å². The van der Waals surface area contributed by atoms with E-state index in [2.05, 4.69) is 101 Å². The third-order valence-electron chi connectivity index (χ3n) is 6.75. The van der Waals surface area contributed by atoms with Gasteiger partial charge < -0.3 is 15.0 Å². The number of nitrogens with zero attached hydrogens (tertiary/aromatic N) is 2. The fourth-order valence-electron chi connectivity index (χ4n) is 4.84. The number of rotatable bonds is 9. The Hall–Kier alpha value is -2.34. The zero-order valence-corrected chi connectivity index (χ0v) is 20.3. The largest absolute Gasteiger partial charge is 0.483 e. The van der Waals surface area contributed by atoms with E-state index in [0.717, 1.165) is 44.6 Å². The average Bonchev–Trinajstić information content (AvgIpc) is 3.37. The highest BCUT2D eigenvalue weighted by molar-refractivity contribution is 7.10. The number of nitrogens with one attached hydrogen (secondary N) is 1. The number of hydrogen-bond acceptors (Lipinski definition) is 5. The zero-order chi connectivity index (χ0) is 22.4. The van der Waals surface area contributed by atoms with Crippen LogP contribution in [0.15, 0.2) is 72.1 Å². The van der Waals surface area contributed by atoms with E-state index >= 15 is 0 Å². The van der Waals surface area contributed by atoms with Gasteiger partial charge in [0.05, 0.1) is 5.69 Å². The van der Waals surface area contributed by atoms with Gasteiger partial charge in [0.1, 0.15) is 11.9 Å². The van der Waals surface area contributed by atoms with Gasteiger partial charge in [-0.15, -0.1) is 11.3 Å². The summed E-state index contributed by atoms with van der Waals surface area (Å²) in [6.45, 7) is 2.94. The molecule has 5 heteroatoms. The molecule has 0 radical (unpaired) electrons. The lowest BCUT2D eigenvalue weighted by Crippen LogP contribution is -2.50. The van der Waals surface area contributed by atoms with Gasteiger partial charge in [-0.1, -0.05) is 48.5 Å². The van der Waals surface area contributed by atoms with Crippen molar-refractivity contribution in [2.24, 2.45) is 0 Å². The van der Waals surface area contributed by atoms with E-state index in [1.54, 1.807) is 11.3 Å². The van der Waals surface area contributed by atoms with E-state index < -0.39 is 0 Å². The predicted molar refractivity (Wildman–Crippen MR) is 136 cm³/mol. The van der Waals surface area contributed by atoms with Crippen molar-refractivity contribution in [2.45, 2.75) is 30.9 Å². The van der Waals surface area contributed by atoms with Crippen LogP contribution in [-0.4, -0.2) is 45.7 Å². The van der Waals surface area contributed by atoms with Gasteiger partial charge in [0.15, 0.2) is 0 Å². The molecule has 170 valence electrons. The summed E-state index contributed by atoms with van der Waals surface area (Å²) in [5.41, 5.74) is 2.71. The molecule has 32 heavy (non-hydrogen) atoms. The average molecular weight is 450 g/mol. The summed E-state index contributed by atoms with van der Waals surface area (Å²) < 4.78 is 6.65.